The predicted octanol–water partition coefficient (Wildman–Crippen LogP) is 2.52. The van der Waals surface area contributed by atoms with Crippen LogP contribution in [0.3, 0.4) is 0 Å². The highest BCUT2D eigenvalue weighted by Crippen LogP contribution is 2.11. The fourth-order valence-electron chi connectivity index (χ4n) is 1.91. The lowest BCUT2D eigenvalue weighted by Crippen LogP contribution is -2.29. The van der Waals surface area contributed by atoms with E-state index in [0.29, 0.717) is 19.4 Å². The summed E-state index contributed by atoms with van der Waals surface area (Å²) in [4.78, 5) is 37.3. The normalized spacial score (nSPS) is 13.4. The summed E-state index contributed by atoms with van der Waals surface area (Å²) in [5.74, 6) is -1.60. The third kappa shape index (κ3) is 12.4. The Kier molecular flexibility index (Phi) is 11.9. The van der Waals surface area contributed by atoms with Crippen molar-refractivity contribution in [2.45, 2.75) is 72.2 Å². The Labute approximate surface area is 151 Å². The number of carbonyl (C=O) groups is 3. The molecule has 0 saturated heterocycles. The molecule has 0 radical (unpaired) electrons. The van der Waals surface area contributed by atoms with Gasteiger partial charge in [-0.3, -0.25) is 14.4 Å². The Hall–Kier alpha value is -1.63. The molecule has 7 heteroatoms. The Bertz CT molecular complexity index is 422. The topological polar surface area (TPSA) is 82.1 Å². The third-order valence-electron chi connectivity index (χ3n) is 3.38. The van der Waals surface area contributed by atoms with E-state index in [4.69, 9.17) is 14.2 Å². The molecule has 0 aliphatic rings. The first-order valence-electron chi connectivity index (χ1n) is 8.89. The zero-order chi connectivity index (χ0) is 19.4. The Morgan fingerprint density at radius 1 is 0.960 bits per heavy atom. The molecule has 0 amide bonds. The van der Waals surface area contributed by atoms with E-state index >= 15 is 0 Å². The summed E-state index contributed by atoms with van der Waals surface area (Å²) in [6.07, 6.45) is 0.950. The molecule has 146 valence electrons. The van der Waals surface area contributed by atoms with Crippen LogP contribution >= 0.6 is 0 Å². The van der Waals surface area contributed by atoms with Crippen LogP contribution in [0.1, 0.15) is 59.8 Å². The fraction of sp³-hybridized carbons (Fsp3) is 0.833. The second kappa shape index (κ2) is 12.7. The number of hydrogen-bond donors (Lipinski definition) is 0. The summed E-state index contributed by atoms with van der Waals surface area (Å²) in [6, 6.07) is 0. The molecule has 0 bridgehead atoms. The van der Waals surface area contributed by atoms with Crippen molar-refractivity contribution < 1.29 is 28.6 Å². The molecule has 0 spiro atoms. The molecule has 0 fully saturated rings. The van der Waals surface area contributed by atoms with E-state index in [9.17, 15) is 14.4 Å². The van der Waals surface area contributed by atoms with Crippen molar-refractivity contribution in [3.8, 4) is 0 Å². The van der Waals surface area contributed by atoms with Crippen LogP contribution in [0, 0.1) is 5.92 Å². The van der Waals surface area contributed by atoms with Crippen molar-refractivity contribution in [1.82, 2.24) is 4.90 Å². The lowest BCUT2D eigenvalue weighted by Gasteiger charge is -2.21. The molecule has 0 saturated carbocycles. The van der Waals surface area contributed by atoms with Crippen LogP contribution in [0.5, 0.6) is 0 Å². The second-order valence-electron chi connectivity index (χ2n) is 6.66. The van der Waals surface area contributed by atoms with Gasteiger partial charge in [-0.05, 0) is 26.9 Å². The highest BCUT2D eigenvalue weighted by Gasteiger charge is 2.22. The van der Waals surface area contributed by atoms with Gasteiger partial charge in [0.2, 0.25) is 6.29 Å². The maximum Gasteiger partial charge on any atom is 0.312 e. The number of unbranched alkanes of at least 4 members (excludes halogenated alkanes) is 1. The van der Waals surface area contributed by atoms with E-state index in [1.165, 1.54) is 6.92 Å². The molecule has 7 nitrogen and oxygen atoms in total. The van der Waals surface area contributed by atoms with E-state index in [1.807, 2.05) is 25.9 Å². The van der Waals surface area contributed by atoms with Gasteiger partial charge in [-0.2, -0.15) is 0 Å². The Morgan fingerprint density at radius 2 is 1.60 bits per heavy atom. The zero-order valence-corrected chi connectivity index (χ0v) is 16.4. The summed E-state index contributed by atoms with van der Waals surface area (Å²) in [7, 11) is 3.81. The van der Waals surface area contributed by atoms with Gasteiger partial charge in [-0.1, -0.05) is 27.2 Å². The lowest BCUT2D eigenvalue weighted by atomic mass is 10.1. The standard InChI is InChI=1S/C18H33NO6/c1-7-8-9-16(20)25-15(10-11-19(5)6)12-17(21)23-14(4)24-18(22)13(2)3/h13-15H,7-12H2,1-6H3/t14?,15-/m0/s1. The number of esters is 3. The van der Waals surface area contributed by atoms with Crippen LogP contribution in [-0.2, 0) is 28.6 Å². The summed E-state index contributed by atoms with van der Waals surface area (Å²) in [5, 5.41) is 0. The number of rotatable bonds is 12. The van der Waals surface area contributed by atoms with Crippen LogP contribution in [0.15, 0.2) is 0 Å². The summed E-state index contributed by atoms with van der Waals surface area (Å²) in [5.41, 5.74) is 0. The third-order valence-corrected chi connectivity index (χ3v) is 3.38. The highest BCUT2D eigenvalue weighted by atomic mass is 16.7. The summed E-state index contributed by atoms with van der Waals surface area (Å²) < 4.78 is 15.5. The van der Waals surface area contributed by atoms with Crippen LogP contribution in [-0.4, -0.2) is 55.8 Å². The minimum absolute atomic E-state index is 0.0602. The van der Waals surface area contributed by atoms with E-state index < -0.39 is 24.3 Å². The first-order valence-corrected chi connectivity index (χ1v) is 8.89. The van der Waals surface area contributed by atoms with Crippen LogP contribution in [0.4, 0.5) is 0 Å². The molecule has 0 N–H and O–H groups in total. The maximum absolute atomic E-state index is 12.0. The van der Waals surface area contributed by atoms with Crippen LogP contribution in [0.25, 0.3) is 0 Å². The number of ether oxygens (including phenoxy) is 3. The summed E-state index contributed by atoms with van der Waals surface area (Å²) in [6.45, 7) is 7.55. The van der Waals surface area contributed by atoms with Crippen molar-refractivity contribution in [3.63, 3.8) is 0 Å². The highest BCUT2D eigenvalue weighted by molar-refractivity contribution is 5.73. The Morgan fingerprint density at radius 3 is 2.12 bits per heavy atom. The molecule has 25 heavy (non-hydrogen) atoms. The number of nitrogens with zero attached hydrogens (tertiary/aromatic N) is 1. The molecular formula is C18H33NO6. The lowest BCUT2D eigenvalue weighted by molar-refractivity contribution is -0.188. The minimum Gasteiger partial charge on any atom is -0.462 e. The van der Waals surface area contributed by atoms with Gasteiger partial charge in [0, 0.05) is 19.9 Å². The van der Waals surface area contributed by atoms with E-state index in [1.54, 1.807) is 13.8 Å². The van der Waals surface area contributed by atoms with Gasteiger partial charge >= 0.3 is 17.9 Å². The first-order chi connectivity index (χ1) is 11.6. The monoisotopic (exact) mass is 359 g/mol. The largest absolute Gasteiger partial charge is 0.462 e. The van der Waals surface area contributed by atoms with Gasteiger partial charge in [0.05, 0.1) is 12.3 Å². The molecule has 0 rings (SSSR count). The van der Waals surface area contributed by atoms with Crippen molar-refractivity contribution >= 4 is 17.9 Å². The molecule has 0 aliphatic heterocycles. The molecule has 0 aliphatic carbocycles. The van der Waals surface area contributed by atoms with E-state index in [-0.39, 0.29) is 18.3 Å². The molecule has 0 aromatic carbocycles. The SMILES string of the molecule is CCCCC(=O)O[C@@H](CCN(C)C)CC(=O)OC(C)OC(=O)C(C)C. The van der Waals surface area contributed by atoms with E-state index in [2.05, 4.69) is 0 Å². The summed E-state index contributed by atoms with van der Waals surface area (Å²) >= 11 is 0. The van der Waals surface area contributed by atoms with Gasteiger partial charge in [-0.25, -0.2) is 0 Å². The van der Waals surface area contributed by atoms with Crippen LogP contribution in [0.2, 0.25) is 0 Å². The van der Waals surface area contributed by atoms with Gasteiger partial charge in [-0.15, -0.1) is 0 Å². The number of carbonyl (C=O) groups excluding carboxylic acids is 3. The van der Waals surface area contributed by atoms with Crippen molar-refractivity contribution in [2.24, 2.45) is 5.92 Å². The minimum atomic E-state index is -0.965. The Balaban J connectivity index is 4.51. The molecular weight excluding hydrogens is 326 g/mol. The van der Waals surface area contributed by atoms with Gasteiger partial charge in [0.15, 0.2) is 0 Å². The predicted molar refractivity (Wildman–Crippen MR) is 93.7 cm³/mol. The zero-order valence-electron chi connectivity index (χ0n) is 16.4. The van der Waals surface area contributed by atoms with Gasteiger partial charge in [0.25, 0.3) is 0 Å². The average Bonchev–Trinajstić information content (AvgIpc) is 2.49. The molecule has 2 atom stereocenters. The molecule has 1 unspecified atom stereocenters. The number of hydrogen-bond acceptors (Lipinski definition) is 7. The first kappa shape index (κ1) is 23.4. The van der Waals surface area contributed by atoms with Gasteiger partial charge < -0.3 is 19.1 Å². The quantitative estimate of drug-likeness (QED) is 0.391. The maximum atomic E-state index is 12.0. The fourth-order valence-corrected chi connectivity index (χ4v) is 1.91. The van der Waals surface area contributed by atoms with Gasteiger partial charge in [0.1, 0.15) is 6.10 Å². The molecule has 0 heterocycles. The van der Waals surface area contributed by atoms with Crippen molar-refractivity contribution in [1.29, 1.82) is 0 Å². The van der Waals surface area contributed by atoms with Crippen molar-refractivity contribution in [3.05, 3.63) is 0 Å². The molecule has 0 aromatic rings. The van der Waals surface area contributed by atoms with Crippen LogP contribution < -0.4 is 0 Å². The smallest absolute Gasteiger partial charge is 0.312 e. The van der Waals surface area contributed by atoms with Crippen molar-refractivity contribution in [2.75, 3.05) is 20.6 Å². The second-order valence-corrected chi connectivity index (χ2v) is 6.66. The van der Waals surface area contributed by atoms with E-state index in [0.717, 1.165) is 12.8 Å². The molecule has 0 aromatic heterocycles. The average molecular weight is 359 g/mol.